The second-order valence-corrected chi connectivity index (χ2v) is 6.33. The van der Waals surface area contributed by atoms with E-state index in [2.05, 4.69) is 29.2 Å². The first-order chi connectivity index (χ1) is 12.5. The number of benzene rings is 1. The van der Waals surface area contributed by atoms with Crippen molar-refractivity contribution < 1.29 is 9.21 Å². The van der Waals surface area contributed by atoms with Crippen molar-refractivity contribution in [3.8, 4) is 0 Å². The van der Waals surface area contributed by atoms with E-state index in [1.807, 2.05) is 19.1 Å². The normalized spacial score (nSPS) is 11.5. The highest BCUT2D eigenvalue weighted by Gasteiger charge is 2.15. The van der Waals surface area contributed by atoms with Gasteiger partial charge in [-0.1, -0.05) is 25.5 Å². The molecule has 1 aromatic carbocycles. The molecule has 0 aliphatic rings. The molecule has 0 unspecified atom stereocenters. The minimum Gasteiger partial charge on any atom is -0.422 e. The molecule has 2 heterocycles. The molecular formula is C19H24N4O3. The molecule has 0 bridgehead atoms. The number of rotatable bonds is 7. The van der Waals surface area contributed by atoms with Crippen LogP contribution in [-0.4, -0.2) is 46.8 Å². The number of fused-ring (bicyclic) bond motifs is 3. The van der Waals surface area contributed by atoms with Crippen LogP contribution in [0.5, 0.6) is 0 Å². The first kappa shape index (κ1) is 18.1. The fourth-order valence-electron chi connectivity index (χ4n) is 3.10. The molecule has 0 aliphatic heterocycles. The van der Waals surface area contributed by atoms with Crippen LogP contribution in [0.1, 0.15) is 19.4 Å². The number of carbonyl (C=O) groups is 1. The Labute approximate surface area is 151 Å². The fourth-order valence-corrected chi connectivity index (χ4v) is 3.10. The lowest BCUT2D eigenvalue weighted by atomic mass is 10.1. The molecule has 7 nitrogen and oxygen atoms in total. The maximum absolute atomic E-state index is 12.3. The Hall–Kier alpha value is -2.67. The van der Waals surface area contributed by atoms with Gasteiger partial charge in [-0.2, -0.15) is 5.10 Å². The summed E-state index contributed by atoms with van der Waals surface area (Å²) in [6.45, 7) is 9.53. The van der Waals surface area contributed by atoms with Gasteiger partial charge in [0.05, 0.1) is 11.7 Å². The van der Waals surface area contributed by atoms with Crippen LogP contribution < -0.4 is 10.9 Å². The van der Waals surface area contributed by atoms with Crippen molar-refractivity contribution in [1.82, 2.24) is 20.0 Å². The summed E-state index contributed by atoms with van der Waals surface area (Å²) in [6.07, 6.45) is 1.46. The Kier molecular flexibility index (Phi) is 5.37. The Morgan fingerprint density at radius 3 is 2.77 bits per heavy atom. The number of amides is 1. The van der Waals surface area contributed by atoms with Crippen molar-refractivity contribution in [3.63, 3.8) is 0 Å². The van der Waals surface area contributed by atoms with Crippen LogP contribution in [0.25, 0.3) is 21.9 Å². The van der Waals surface area contributed by atoms with E-state index in [1.165, 1.54) is 6.20 Å². The second kappa shape index (κ2) is 7.70. The van der Waals surface area contributed by atoms with E-state index in [-0.39, 0.29) is 12.5 Å². The van der Waals surface area contributed by atoms with Crippen LogP contribution in [0, 0.1) is 6.92 Å². The summed E-state index contributed by atoms with van der Waals surface area (Å²) in [6, 6.07) is 5.60. The van der Waals surface area contributed by atoms with Gasteiger partial charge >= 0.3 is 5.63 Å². The maximum atomic E-state index is 12.3. The summed E-state index contributed by atoms with van der Waals surface area (Å²) in [5.74, 6) is -0.129. The topological polar surface area (TPSA) is 80.4 Å². The van der Waals surface area contributed by atoms with Gasteiger partial charge in [-0.15, -0.1) is 0 Å². The number of carbonyl (C=O) groups excluding carboxylic acids is 1. The molecular weight excluding hydrogens is 332 g/mol. The molecule has 26 heavy (non-hydrogen) atoms. The third kappa shape index (κ3) is 3.62. The summed E-state index contributed by atoms with van der Waals surface area (Å²) < 4.78 is 6.92. The smallest absolute Gasteiger partial charge is 0.347 e. The number of nitrogens with one attached hydrogen (secondary N) is 1. The zero-order valence-electron chi connectivity index (χ0n) is 15.4. The second-order valence-electron chi connectivity index (χ2n) is 6.33. The lowest BCUT2D eigenvalue weighted by molar-refractivity contribution is -0.121. The van der Waals surface area contributed by atoms with Crippen molar-refractivity contribution in [2.24, 2.45) is 0 Å². The van der Waals surface area contributed by atoms with E-state index in [0.717, 1.165) is 30.6 Å². The average molecular weight is 356 g/mol. The Bertz CT molecular complexity index is 986. The van der Waals surface area contributed by atoms with Crippen molar-refractivity contribution >= 4 is 27.8 Å². The number of nitrogens with zero attached hydrogens (tertiary/aromatic N) is 3. The number of hydrogen-bond acceptors (Lipinski definition) is 5. The van der Waals surface area contributed by atoms with Crippen molar-refractivity contribution in [2.45, 2.75) is 27.3 Å². The Morgan fingerprint density at radius 2 is 2.04 bits per heavy atom. The fraction of sp³-hybridized carbons (Fsp3) is 0.421. The van der Waals surface area contributed by atoms with Crippen LogP contribution in [0.4, 0.5) is 0 Å². The highest BCUT2D eigenvalue weighted by molar-refractivity contribution is 6.02. The molecule has 3 rings (SSSR count). The SMILES string of the molecule is CCN(CC)CCNC(=O)Cn1ncc2c(=O)oc3ccc(C)cc3c21. The minimum atomic E-state index is -0.440. The molecule has 0 saturated heterocycles. The molecule has 0 fully saturated rings. The molecule has 7 heteroatoms. The summed E-state index contributed by atoms with van der Waals surface area (Å²) in [4.78, 5) is 26.7. The molecule has 0 aliphatic carbocycles. The quantitative estimate of drug-likeness (QED) is 0.654. The first-order valence-electron chi connectivity index (χ1n) is 8.91. The molecule has 0 spiro atoms. The van der Waals surface area contributed by atoms with Gasteiger partial charge in [0.2, 0.25) is 5.91 Å². The van der Waals surface area contributed by atoms with E-state index >= 15 is 0 Å². The summed E-state index contributed by atoms with van der Waals surface area (Å²) in [7, 11) is 0. The lowest BCUT2D eigenvalue weighted by Crippen LogP contribution is -2.36. The number of aromatic nitrogens is 2. The van der Waals surface area contributed by atoms with Crippen LogP contribution in [0.2, 0.25) is 0 Å². The standard InChI is InChI=1S/C19H24N4O3/c1-4-22(5-2)9-8-20-17(24)12-23-18-14-10-13(3)6-7-16(14)26-19(25)15(18)11-21-23/h6-7,10-11H,4-5,8-9,12H2,1-3H3,(H,20,24). The predicted octanol–water partition coefficient (Wildman–Crippen LogP) is 1.91. The molecule has 0 radical (unpaired) electrons. The summed E-state index contributed by atoms with van der Waals surface area (Å²) >= 11 is 0. The molecule has 3 aromatic rings. The highest BCUT2D eigenvalue weighted by atomic mass is 16.4. The monoisotopic (exact) mass is 356 g/mol. The third-order valence-electron chi connectivity index (χ3n) is 4.59. The molecule has 2 aromatic heterocycles. The summed E-state index contributed by atoms with van der Waals surface area (Å²) in [5, 5.41) is 8.33. The minimum absolute atomic E-state index is 0.0637. The summed E-state index contributed by atoms with van der Waals surface area (Å²) in [5.41, 5.74) is 1.74. The van der Waals surface area contributed by atoms with E-state index in [0.29, 0.717) is 23.0 Å². The van der Waals surface area contributed by atoms with Gasteiger partial charge in [0, 0.05) is 18.5 Å². The largest absolute Gasteiger partial charge is 0.422 e. The first-order valence-corrected chi connectivity index (χ1v) is 8.91. The van der Waals surface area contributed by atoms with Gasteiger partial charge in [0.15, 0.2) is 0 Å². The van der Waals surface area contributed by atoms with Crippen LogP contribution in [0.3, 0.4) is 0 Å². The Morgan fingerprint density at radius 1 is 1.27 bits per heavy atom. The average Bonchev–Trinajstić information content (AvgIpc) is 3.04. The Balaban J connectivity index is 1.84. The van der Waals surface area contributed by atoms with E-state index in [9.17, 15) is 9.59 Å². The van der Waals surface area contributed by atoms with Crippen LogP contribution in [0.15, 0.2) is 33.6 Å². The third-order valence-corrected chi connectivity index (χ3v) is 4.59. The maximum Gasteiger partial charge on any atom is 0.347 e. The van der Waals surface area contributed by atoms with Crippen molar-refractivity contribution in [1.29, 1.82) is 0 Å². The number of likely N-dealkylation sites (N-methyl/N-ethyl adjacent to an activating group) is 1. The van der Waals surface area contributed by atoms with E-state index in [1.54, 1.807) is 10.7 Å². The van der Waals surface area contributed by atoms with E-state index < -0.39 is 5.63 Å². The molecule has 1 N–H and O–H groups in total. The molecule has 1 amide bonds. The van der Waals surface area contributed by atoms with Crippen LogP contribution >= 0.6 is 0 Å². The van der Waals surface area contributed by atoms with Gasteiger partial charge in [-0.25, -0.2) is 4.79 Å². The van der Waals surface area contributed by atoms with Crippen LogP contribution in [-0.2, 0) is 11.3 Å². The zero-order chi connectivity index (χ0) is 18.7. The molecule has 138 valence electrons. The van der Waals surface area contributed by atoms with Gasteiger partial charge in [-0.05, 0) is 32.1 Å². The van der Waals surface area contributed by atoms with Gasteiger partial charge < -0.3 is 14.6 Å². The number of aryl methyl sites for hydroxylation is 1. The predicted molar refractivity (Wildman–Crippen MR) is 101 cm³/mol. The highest BCUT2D eigenvalue weighted by Crippen LogP contribution is 2.23. The van der Waals surface area contributed by atoms with Gasteiger partial charge in [0.1, 0.15) is 17.5 Å². The lowest BCUT2D eigenvalue weighted by Gasteiger charge is -2.18. The molecule has 0 saturated carbocycles. The number of hydrogen-bond donors (Lipinski definition) is 1. The molecule has 0 atom stereocenters. The van der Waals surface area contributed by atoms with E-state index in [4.69, 9.17) is 4.42 Å². The van der Waals surface area contributed by atoms with Crippen molar-refractivity contribution in [3.05, 3.63) is 40.4 Å². The van der Waals surface area contributed by atoms with Gasteiger partial charge in [0.25, 0.3) is 0 Å². The van der Waals surface area contributed by atoms with Gasteiger partial charge in [-0.3, -0.25) is 9.48 Å². The zero-order valence-corrected chi connectivity index (χ0v) is 15.4. The van der Waals surface area contributed by atoms with Crippen molar-refractivity contribution in [2.75, 3.05) is 26.2 Å².